The van der Waals surface area contributed by atoms with Crippen LogP contribution in [0.5, 0.6) is 0 Å². The van der Waals surface area contributed by atoms with E-state index in [0.717, 1.165) is 19.3 Å². The second-order valence-electron chi connectivity index (χ2n) is 7.28. The summed E-state index contributed by atoms with van der Waals surface area (Å²) in [6, 6.07) is 0. The van der Waals surface area contributed by atoms with Crippen LogP contribution < -0.4 is 0 Å². The van der Waals surface area contributed by atoms with Crippen molar-refractivity contribution in [2.75, 3.05) is 6.61 Å². The third-order valence-corrected chi connectivity index (χ3v) is 5.05. The highest BCUT2D eigenvalue weighted by atomic mass is 16.3. The summed E-state index contributed by atoms with van der Waals surface area (Å²) in [5, 5.41) is 19.2. The van der Waals surface area contributed by atoms with Crippen molar-refractivity contribution in [2.45, 2.75) is 63.9 Å². The quantitative estimate of drug-likeness (QED) is 0.355. The van der Waals surface area contributed by atoms with Crippen molar-refractivity contribution in [3.8, 4) is 0 Å². The molecule has 0 spiro atoms. The standard InChI is InChI=1S/C23H34O4/c1-3-5-16-23(27,4-2)17-10-11-19-14-15-22(26)21(19)13-9-7-6-8-12-20(25)18-24/h4,7,9-11,14-15,19,21,24,27H,2-3,5-6,8,12-13,16-18H2,1H3/b9-7-,11-10+/t19-,21+,23?/m0/s1. The molecule has 27 heavy (non-hydrogen) atoms. The number of carbonyl (C=O) groups is 2. The van der Waals surface area contributed by atoms with Crippen molar-refractivity contribution in [2.24, 2.45) is 11.8 Å². The van der Waals surface area contributed by atoms with Gasteiger partial charge >= 0.3 is 0 Å². The van der Waals surface area contributed by atoms with Gasteiger partial charge in [0.15, 0.2) is 11.6 Å². The molecule has 0 radical (unpaired) electrons. The van der Waals surface area contributed by atoms with Crippen LogP contribution in [0.25, 0.3) is 0 Å². The summed E-state index contributed by atoms with van der Waals surface area (Å²) in [5.74, 6) is -0.0423. The molecule has 0 saturated carbocycles. The number of hydrogen-bond donors (Lipinski definition) is 2. The molecule has 0 saturated heterocycles. The van der Waals surface area contributed by atoms with Crippen LogP contribution in [0.3, 0.4) is 0 Å². The van der Waals surface area contributed by atoms with Gasteiger partial charge in [-0.2, -0.15) is 0 Å². The molecule has 0 aromatic heterocycles. The first-order valence-corrected chi connectivity index (χ1v) is 9.98. The molecule has 1 aliphatic carbocycles. The fourth-order valence-corrected chi connectivity index (χ4v) is 3.18. The minimum Gasteiger partial charge on any atom is -0.389 e. The second-order valence-corrected chi connectivity index (χ2v) is 7.28. The van der Waals surface area contributed by atoms with Crippen LogP contribution in [-0.4, -0.2) is 34.0 Å². The number of aliphatic hydroxyl groups is 2. The van der Waals surface area contributed by atoms with Crippen LogP contribution in [0, 0.1) is 11.8 Å². The van der Waals surface area contributed by atoms with E-state index in [4.69, 9.17) is 5.11 Å². The fraction of sp³-hybridized carbons (Fsp3) is 0.565. The molecule has 1 unspecified atom stereocenters. The second kappa shape index (κ2) is 12.6. The molecule has 3 atom stereocenters. The molecule has 4 nitrogen and oxygen atoms in total. The Morgan fingerprint density at radius 2 is 2.07 bits per heavy atom. The van der Waals surface area contributed by atoms with Crippen molar-refractivity contribution in [3.05, 3.63) is 49.1 Å². The van der Waals surface area contributed by atoms with E-state index >= 15 is 0 Å². The minimum atomic E-state index is -0.875. The number of ketones is 2. The Hall–Kier alpha value is -1.78. The zero-order valence-corrected chi connectivity index (χ0v) is 16.5. The van der Waals surface area contributed by atoms with Gasteiger partial charge in [0.2, 0.25) is 0 Å². The third-order valence-electron chi connectivity index (χ3n) is 5.05. The molecule has 0 aliphatic heterocycles. The largest absolute Gasteiger partial charge is 0.389 e. The van der Waals surface area contributed by atoms with Gasteiger partial charge in [0, 0.05) is 18.3 Å². The molecule has 0 aromatic carbocycles. The minimum absolute atomic E-state index is 0.0540. The molecule has 0 heterocycles. The fourth-order valence-electron chi connectivity index (χ4n) is 3.18. The molecule has 0 fully saturated rings. The normalized spacial score (nSPS) is 22.0. The summed E-state index contributed by atoms with van der Waals surface area (Å²) in [6.07, 6.45) is 18.9. The van der Waals surface area contributed by atoms with Crippen LogP contribution in [0.4, 0.5) is 0 Å². The predicted octanol–water partition coefficient (Wildman–Crippen LogP) is 4.09. The number of aliphatic hydroxyl groups excluding tert-OH is 1. The van der Waals surface area contributed by atoms with E-state index in [-0.39, 0.29) is 30.0 Å². The van der Waals surface area contributed by atoms with Crippen LogP contribution in [0.2, 0.25) is 0 Å². The molecule has 0 amide bonds. The monoisotopic (exact) mass is 374 g/mol. The van der Waals surface area contributed by atoms with E-state index in [1.165, 1.54) is 0 Å². The van der Waals surface area contributed by atoms with Gasteiger partial charge in [-0.15, -0.1) is 6.58 Å². The van der Waals surface area contributed by atoms with Crippen molar-refractivity contribution >= 4 is 11.6 Å². The molecule has 150 valence electrons. The zero-order chi connectivity index (χ0) is 20.1. The summed E-state index contributed by atoms with van der Waals surface area (Å²) >= 11 is 0. The molecular weight excluding hydrogens is 340 g/mol. The highest BCUT2D eigenvalue weighted by molar-refractivity contribution is 5.95. The number of Topliss-reactive ketones (excluding diaryl/α,β-unsaturated/α-hetero) is 1. The maximum Gasteiger partial charge on any atom is 0.159 e. The SMILES string of the molecule is C=CC(O)(C/C=C/[C@H]1C=CC(=O)[C@@H]1C/C=C\CCCC(=O)CO)CCCC. The number of hydrogen-bond acceptors (Lipinski definition) is 4. The van der Waals surface area contributed by atoms with Gasteiger partial charge in [0.05, 0.1) is 5.60 Å². The first-order chi connectivity index (χ1) is 13.0. The number of unbranched alkanes of at least 4 members (excludes halogenated alkanes) is 2. The lowest BCUT2D eigenvalue weighted by Crippen LogP contribution is -2.24. The Kier molecular flexibility index (Phi) is 10.8. The van der Waals surface area contributed by atoms with E-state index < -0.39 is 5.60 Å². The van der Waals surface area contributed by atoms with E-state index in [0.29, 0.717) is 32.1 Å². The van der Waals surface area contributed by atoms with Crippen LogP contribution in [0.15, 0.2) is 49.1 Å². The molecular formula is C23H34O4. The Morgan fingerprint density at radius 1 is 1.30 bits per heavy atom. The van der Waals surface area contributed by atoms with E-state index in [9.17, 15) is 14.7 Å². The lowest BCUT2D eigenvalue weighted by molar-refractivity contribution is -0.121. The number of allylic oxidation sites excluding steroid dienone is 5. The average Bonchev–Trinajstić information content (AvgIpc) is 3.02. The molecule has 2 N–H and O–H groups in total. The molecule has 0 aromatic rings. The third kappa shape index (κ3) is 8.63. The molecule has 1 aliphatic rings. The number of carbonyl (C=O) groups excluding carboxylic acids is 2. The topological polar surface area (TPSA) is 74.6 Å². The molecule has 4 heteroatoms. The first kappa shape index (κ1) is 23.3. The summed E-state index contributed by atoms with van der Waals surface area (Å²) in [6.45, 7) is 5.45. The zero-order valence-electron chi connectivity index (χ0n) is 16.5. The van der Waals surface area contributed by atoms with Gasteiger partial charge in [-0.05, 0) is 38.2 Å². The highest BCUT2D eigenvalue weighted by Crippen LogP contribution is 2.28. The van der Waals surface area contributed by atoms with Gasteiger partial charge < -0.3 is 10.2 Å². The van der Waals surface area contributed by atoms with Gasteiger partial charge in [0.25, 0.3) is 0 Å². The Balaban J connectivity index is 2.47. The molecule has 0 bridgehead atoms. The van der Waals surface area contributed by atoms with Crippen molar-refractivity contribution in [3.63, 3.8) is 0 Å². The molecule has 1 rings (SSSR count). The lowest BCUT2D eigenvalue weighted by Gasteiger charge is -2.22. The van der Waals surface area contributed by atoms with Crippen LogP contribution in [-0.2, 0) is 9.59 Å². The summed E-state index contributed by atoms with van der Waals surface area (Å²) < 4.78 is 0. The van der Waals surface area contributed by atoms with E-state index in [1.54, 1.807) is 12.2 Å². The Morgan fingerprint density at radius 3 is 2.74 bits per heavy atom. The van der Waals surface area contributed by atoms with Gasteiger partial charge in [0.1, 0.15) is 6.61 Å². The van der Waals surface area contributed by atoms with Crippen molar-refractivity contribution < 1.29 is 19.8 Å². The average molecular weight is 375 g/mol. The van der Waals surface area contributed by atoms with Crippen molar-refractivity contribution in [1.82, 2.24) is 0 Å². The summed E-state index contributed by atoms with van der Waals surface area (Å²) in [4.78, 5) is 23.1. The van der Waals surface area contributed by atoms with Gasteiger partial charge in [-0.1, -0.05) is 56.2 Å². The smallest absolute Gasteiger partial charge is 0.159 e. The first-order valence-electron chi connectivity index (χ1n) is 9.98. The van der Waals surface area contributed by atoms with Gasteiger partial charge in [-0.3, -0.25) is 9.59 Å². The Labute approximate surface area is 163 Å². The number of rotatable bonds is 14. The van der Waals surface area contributed by atoms with E-state index in [1.807, 2.05) is 30.4 Å². The summed E-state index contributed by atoms with van der Waals surface area (Å²) in [5.41, 5.74) is -0.875. The lowest BCUT2D eigenvalue weighted by atomic mass is 9.88. The van der Waals surface area contributed by atoms with Gasteiger partial charge in [-0.25, -0.2) is 0 Å². The summed E-state index contributed by atoms with van der Waals surface area (Å²) in [7, 11) is 0. The maximum absolute atomic E-state index is 12.1. The predicted molar refractivity (Wildman–Crippen MR) is 109 cm³/mol. The van der Waals surface area contributed by atoms with Crippen LogP contribution in [0.1, 0.15) is 58.3 Å². The van der Waals surface area contributed by atoms with Crippen molar-refractivity contribution in [1.29, 1.82) is 0 Å². The highest BCUT2D eigenvalue weighted by Gasteiger charge is 2.27. The maximum atomic E-state index is 12.1. The Bertz CT molecular complexity index is 573. The van der Waals surface area contributed by atoms with Crippen LogP contribution >= 0.6 is 0 Å². The van der Waals surface area contributed by atoms with E-state index in [2.05, 4.69) is 13.5 Å².